The number of nitrogens with zero attached hydrogens (tertiary/aromatic N) is 3. The Morgan fingerprint density at radius 1 is 1.39 bits per heavy atom. The highest BCUT2D eigenvalue weighted by atomic mass is 19.4. The summed E-state index contributed by atoms with van der Waals surface area (Å²) in [6, 6.07) is 2.00. The topological polar surface area (TPSA) is 68.0 Å². The zero-order valence-electron chi connectivity index (χ0n) is 8.72. The Bertz CT molecular complexity index is 592. The van der Waals surface area contributed by atoms with Gasteiger partial charge in [-0.2, -0.15) is 18.3 Å². The Balaban J connectivity index is 2.53. The van der Waals surface area contributed by atoms with Crippen molar-refractivity contribution in [1.82, 2.24) is 14.8 Å². The zero-order valence-corrected chi connectivity index (χ0v) is 8.72. The molecule has 0 aliphatic heterocycles. The molecule has 0 saturated heterocycles. The number of rotatable bonds is 2. The number of aromatic nitrogens is 3. The fraction of sp³-hybridized carbons (Fsp3) is 0.100. The summed E-state index contributed by atoms with van der Waals surface area (Å²) in [4.78, 5) is 14.2. The van der Waals surface area contributed by atoms with Crippen LogP contribution in [0.4, 0.5) is 13.2 Å². The number of alkyl halides is 3. The molecule has 8 heteroatoms. The van der Waals surface area contributed by atoms with Crippen molar-refractivity contribution in [3.8, 4) is 5.82 Å². The van der Waals surface area contributed by atoms with Gasteiger partial charge in [0, 0.05) is 12.4 Å². The quantitative estimate of drug-likeness (QED) is 0.893. The molecule has 0 atom stereocenters. The first-order valence-electron chi connectivity index (χ1n) is 4.70. The van der Waals surface area contributed by atoms with Gasteiger partial charge in [-0.3, -0.25) is 0 Å². The van der Waals surface area contributed by atoms with Crippen LogP contribution in [0.5, 0.6) is 0 Å². The van der Waals surface area contributed by atoms with Crippen molar-refractivity contribution < 1.29 is 23.1 Å². The van der Waals surface area contributed by atoms with E-state index in [4.69, 9.17) is 5.11 Å². The SMILES string of the molecule is O=C(O)c1cnn(-c2ncccc2C(F)(F)F)c1. The van der Waals surface area contributed by atoms with Gasteiger partial charge in [0.2, 0.25) is 0 Å². The number of carboxylic acids is 1. The van der Waals surface area contributed by atoms with Crippen LogP contribution >= 0.6 is 0 Å². The molecule has 94 valence electrons. The smallest absolute Gasteiger partial charge is 0.420 e. The van der Waals surface area contributed by atoms with Gasteiger partial charge < -0.3 is 5.11 Å². The maximum atomic E-state index is 12.7. The first-order valence-corrected chi connectivity index (χ1v) is 4.70. The second-order valence-corrected chi connectivity index (χ2v) is 3.35. The predicted octanol–water partition coefficient (Wildman–Crippen LogP) is 1.98. The van der Waals surface area contributed by atoms with E-state index < -0.39 is 23.5 Å². The lowest BCUT2D eigenvalue weighted by Crippen LogP contribution is -2.12. The molecule has 0 radical (unpaired) electrons. The van der Waals surface area contributed by atoms with E-state index in [-0.39, 0.29) is 5.56 Å². The zero-order chi connectivity index (χ0) is 13.3. The maximum Gasteiger partial charge on any atom is 0.420 e. The molecule has 2 rings (SSSR count). The van der Waals surface area contributed by atoms with Crippen molar-refractivity contribution in [1.29, 1.82) is 0 Å². The number of pyridine rings is 1. The minimum Gasteiger partial charge on any atom is -0.478 e. The van der Waals surface area contributed by atoms with Crippen molar-refractivity contribution in [3.63, 3.8) is 0 Å². The van der Waals surface area contributed by atoms with Gasteiger partial charge in [-0.05, 0) is 12.1 Å². The van der Waals surface area contributed by atoms with E-state index in [1.807, 2.05) is 0 Å². The van der Waals surface area contributed by atoms with Crippen molar-refractivity contribution >= 4 is 5.97 Å². The number of hydrogen-bond donors (Lipinski definition) is 1. The number of hydrogen-bond acceptors (Lipinski definition) is 3. The van der Waals surface area contributed by atoms with Gasteiger partial charge in [0.25, 0.3) is 0 Å². The summed E-state index contributed by atoms with van der Waals surface area (Å²) < 4.78 is 38.9. The first-order chi connectivity index (χ1) is 8.39. The van der Waals surface area contributed by atoms with Crippen LogP contribution < -0.4 is 0 Å². The lowest BCUT2D eigenvalue weighted by atomic mass is 10.2. The van der Waals surface area contributed by atoms with E-state index in [2.05, 4.69) is 10.1 Å². The first kappa shape index (κ1) is 12.1. The summed E-state index contributed by atoms with van der Waals surface area (Å²) in [5.74, 6) is -1.73. The second kappa shape index (κ2) is 4.13. The molecule has 0 aliphatic rings. The van der Waals surface area contributed by atoms with E-state index in [0.29, 0.717) is 0 Å². The van der Waals surface area contributed by atoms with Crippen LogP contribution in [0.15, 0.2) is 30.7 Å². The highest BCUT2D eigenvalue weighted by Crippen LogP contribution is 2.32. The molecule has 0 aliphatic carbocycles. The summed E-state index contributed by atoms with van der Waals surface area (Å²) in [5, 5.41) is 12.2. The molecule has 18 heavy (non-hydrogen) atoms. The largest absolute Gasteiger partial charge is 0.478 e. The minimum atomic E-state index is -4.58. The normalized spacial score (nSPS) is 11.5. The molecule has 0 spiro atoms. The number of halogens is 3. The van der Waals surface area contributed by atoms with Crippen LogP contribution in [0, 0.1) is 0 Å². The Morgan fingerprint density at radius 2 is 2.11 bits per heavy atom. The third kappa shape index (κ3) is 2.17. The molecule has 2 heterocycles. The summed E-state index contributed by atoms with van der Waals surface area (Å²) in [6.07, 6.45) is -1.48. The lowest BCUT2D eigenvalue weighted by Gasteiger charge is -2.10. The van der Waals surface area contributed by atoms with Gasteiger partial charge in [0.15, 0.2) is 5.82 Å². The third-order valence-corrected chi connectivity index (χ3v) is 2.14. The standard InChI is InChI=1S/C10H6F3N3O2/c11-10(12,13)7-2-1-3-14-8(7)16-5-6(4-15-16)9(17)18/h1-5H,(H,17,18). The highest BCUT2D eigenvalue weighted by Gasteiger charge is 2.34. The van der Waals surface area contributed by atoms with Gasteiger partial charge >= 0.3 is 12.1 Å². The van der Waals surface area contributed by atoms with Crippen LogP contribution in [-0.2, 0) is 6.18 Å². The van der Waals surface area contributed by atoms with Crippen molar-refractivity contribution in [2.75, 3.05) is 0 Å². The lowest BCUT2D eigenvalue weighted by molar-refractivity contribution is -0.137. The number of aromatic carboxylic acids is 1. The molecule has 2 aromatic heterocycles. The van der Waals surface area contributed by atoms with Gasteiger partial charge in [-0.1, -0.05) is 0 Å². The fourth-order valence-electron chi connectivity index (χ4n) is 1.35. The second-order valence-electron chi connectivity index (χ2n) is 3.35. The van der Waals surface area contributed by atoms with Crippen molar-refractivity contribution in [2.45, 2.75) is 6.18 Å². The fourth-order valence-corrected chi connectivity index (χ4v) is 1.35. The van der Waals surface area contributed by atoms with E-state index in [1.54, 1.807) is 0 Å². The van der Waals surface area contributed by atoms with E-state index in [1.165, 1.54) is 6.20 Å². The molecule has 0 fully saturated rings. The number of carboxylic acid groups (broad SMARTS) is 1. The van der Waals surface area contributed by atoms with Crippen LogP contribution in [-0.4, -0.2) is 25.8 Å². The van der Waals surface area contributed by atoms with Crippen LogP contribution in [0.3, 0.4) is 0 Å². The van der Waals surface area contributed by atoms with Crippen LogP contribution in [0.2, 0.25) is 0 Å². The van der Waals surface area contributed by atoms with Gasteiger partial charge in [-0.25, -0.2) is 14.5 Å². The molecule has 0 bridgehead atoms. The molecule has 5 nitrogen and oxygen atoms in total. The van der Waals surface area contributed by atoms with Gasteiger partial charge in [0.1, 0.15) is 5.56 Å². The highest BCUT2D eigenvalue weighted by molar-refractivity contribution is 5.86. The van der Waals surface area contributed by atoms with Gasteiger partial charge in [-0.15, -0.1) is 0 Å². The third-order valence-electron chi connectivity index (χ3n) is 2.14. The average molecular weight is 257 g/mol. The molecular formula is C10H6F3N3O2. The predicted molar refractivity (Wildman–Crippen MR) is 53.3 cm³/mol. The average Bonchev–Trinajstić information content (AvgIpc) is 2.77. The molecule has 0 saturated carbocycles. The summed E-state index contributed by atoms with van der Waals surface area (Å²) in [7, 11) is 0. The van der Waals surface area contributed by atoms with Crippen LogP contribution in [0.25, 0.3) is 5.82 Å². The van der Waals surface area contributed by atoms with E-state index in [9.17, 15) is 18.0 Å². The molecular weight excluding hydrogens is 251 g/mol. The summed E-state index contributed by atoms with van der Waals surface area (Å²) in [6.45, 7) is 0. The van der Waals surface area contributed by atoms with Gasteiger partial charge in [0.05, 0.1) is 11.8 Å². The monoisotopic (exact) mass is 257 g/mol. The molecule has 2 aromatic rings. The maximum absolute atomic E-state index is 12.7. The molecule has 0 amide bonds. The Labute approximate surface area is 98.5 Å². The van der Waals surface area contributed by atoms with E-state index in [0.717, 1.165) is 29.2 Å². The van der Waals surface area contributed by atoms with E-state index >= 15 is 0 Å². The number of carbonyl (C=O) groups is 1. The summed E-state index contributed by atoms with van der Waals surface area (Å²) >= 11 is 0. The minimum absolute atomic E-state index is 0.214. The Morgan fingerprint density at radius 3 is 2.67 bits per heavy atom. The van der Waals surface area contributed by atoms with Crippen LogP contribution in [0.1, 0.15) is 15.9 Å². The molecule has 1 N–H and O–H groups in total. The molecule has 0 unspecified atom stereocenters. The molecule has 0 aromatic carbocycles. The summed E-state index contributed by atoms with van der Waals surface area (Å²) in [5.41, 5.74) is -1.20. The Kier molecular flexibility index (Phi) is 2.77. The van der Waals surface area contributed by atoms with Crippen molar-refractivity contribution in [2.24, 2.45) is 0 Å². The van der Waals surface area contributed by atoms with Crippen molar-refractivity contribution in [3.05, 3.63) is 41.9 Å². The Hall–Kier alpha value is -2.38.